The smallest absolute Gasteiger partial charge is 0.269 e. The number of benzene rings is 1. The maximum absolute atomic E-state index is 10.9. The average Bonchev–Trinajstić information content (AvgIpc) is 2.24. The quantitative estimate of drug-likeness (QED) is 0.343. The van der Waals surface area contributed by atoms with Crippen molar-refractivity contribution in [3.8, 4) is 0 Å². The van der Waals surface area contributed by atoms with Crippen LogP contribution in [0.15, 0.2) is 23.1 Å². The van der Waals surface area contributed by atoms with E-state index in [4.69, 9.17) is 34.8 Å². The molecule has 4 nitrogen and oxygen atoms in total. The van der Waals surface area contributed by atoms with Gasteiger partial charge in [0.25, 0.3) is 5.69 Å². The van der Waals surface area contributed by atoms with E-state index < -0.39 is 8.72 Å². The van der Waals surface area contributed by atoms with Crippen molar-refractivity contribution in [2.45, 2.75) is 15.6 Å². The van der Waals surface area contributed by atoms with E-state index >= 15 is 0 Å². The zero-order chi connectivity index (χ0) is 13.9. The van der Waals surface area contributed by atoms with Crippen molar-refractivity contribution in [2.75, 3.05) is 0 Å². The van der Waals surface area contributed by atoms with Gasteiger partial charge < -0.3 is 0 Å². The molecule has 0 saturated carbocycles. The van der Waals surface area contributed by atoms with E-state index in [-0.39, 0.29) is 16.4 Å². The molecule has 0 aromatic heterocycles. The number of nitro groups is 1. The predicted octanol–water partition coefficient (Wildman–Crippen LogP) is 4.71. The first kappa shape index (κ1) is 15.9. The van der Waals surface area contributed by atoms with Crippen LogP contribution < -0.4 is 0 Å². The van der Waals surface area contributed by atoms with Gasteiger partial charge in [-0.2, -0.15) is 0 Å². The Hall–Kier alpha value is -0.140. The number of halogens is 3. The Morgan fingerprint density at radius 2 is 2.00 bits per heavy atom. The lowest BCUT2D eigenvalue weighted by Gasteiger charge is -2.14. The summed E-state index contributed by atoms with van der Waals surface area (Å²) >= 11 is 17.3. The van der Waals surface area contributed by atoms with Crippen molar-refractivity contribution in [3.05, 3.63) is 33.9 Å². The van der Waals surface area contributed by atoms with Crippen LogP contribution in [0.2, 0.25) is 0 Å². The van der Waals surface area contributed by atoms with E-state index in [1.54, 1.807) is 0 Å². The molecule has 0 aliphatic rings. The first-order valence-corrected chi connectivity index (χ1v) is 7.71. The zero-order valence-electron chi connectivity index (χ0n) is 8.85. The Labute approximate surface area is 126 Å². The fourth-order valence-electron chi connectivity index (χ4n) is 1.03. The predicted molar refractivity (Wildman–Crippen MR) is 76.5 cm³/mol. The molecule has 1 aromatic rings. The Kier molecular flexibility index (Phi) is 5.61. The normalized spacial score (nSPS) is 11.3. The molecule has 0 N–H and O–H groups in total. The number of non-ortho nitro benzene ring substituents is 1. The van der Waals surface area contributed by atoms with Gasteiger partial charge in [0.15, 0.2) is 5.12 Å². The number of rotatable bonds is 3. The molecular formula is C9H6Cl3NO3S2. The number of nitrogens with zero attached hydrogens (tertiary/aromatic N) is 1. The highest BCUT2D eigenvalue weighted by molar-refractivity contribution is 8.82. The number of alkyl halides is 3. The first-order valence-electron chi connectivity index (χ1n) is 4.42. The summed E-state index contributed by atoms with van der Waals surface area (Å²) in [7, 11) is 2.05. The number of hydrogen-bond donors (Lipinski definition) is 0. The maximum atomic E-state index is 10.9. The highest BCUT2D eigenvalue weighted by Gasteiger charge is 2.28. The van der Waals surface area contributed by atoms with Gasteiger partial charge in [0.05, 0.1) is 4.92 Å². The Morgan fingerprint density at radius 1 is 1.39 bits per heavy atom. The van der Waals surface area contributed by atoms with Crippen LogP contribution >= 0.6 is 56.4 Å². The maximum Gasteiger partial charge on any atom is 0.269 e. The number of nitro benzene ring substituents is 1. The van der Waals surface area contributed by atoms with E-state index in [1.807, 2.05) is 0 Å². The second-order valence-corrected chi connectivity index (χ2v) is 7.72. The van der Waals surface area contributed by atoms with E-state index in [0.29, 0.717) is 4.90 Å². The largest absolute Gasteiger partial charge is 0.287 e. The van der Waals surface area contributed by atoms with Gasteiger partial charge in [-0.25, -0.2) is 0 Å². The number of hydrogen-bond acceptors (Lipinski definition) is 5. The summed E-state index contributed by atoms with van der Waals surface area (Å²) in [5, 5.41) is 10.6. The van der Waals surface area contributed by atoms with Crippen LogP contribution in [0.5, 0.6) is 0 Å². The first-order chi connectivity index (χ1) is 8.21. The molecular weight excluding hydrogens is 341 g/mol. The van der Waals surface area contributed by atoms with E-state index in [0.717, 1.165) is 21.6 Å². The molecule has 0 aliphatic carbocycles. The molecule has 0 amide bonds. The van der Waals surface area contributed by atoms with Gasteiger partial charge >= 0.3 is 0 Å². The summed E-state index contributed by atoms with van der Waals surface area (Å²) in [4.78, 5) is 21.5. The topological polar surface area (TPSA) is 60.2 Å². The van der Waals surface area contributed by atoms with Crippen molar-refractivity contribution in [1.82, 2.24) is 0 Å². The van der Waals surface area contributed by atoms with Gasteiger partial charge in [0.1, 0.15) is 0 Å². The van der Waals surface area contributed by atoms with Crippen molar-refractivity contribution in [3.63, 3.8) is 0 Å². The van der Waals surface area contributed by atoms with Crippen molar-refractivity contribution in [2.24, 2.45) is 0 Å². The van der Waals surface area contributed by atoms with Gasteiger partial charge in [-0.15, -0.1) is 0 Å². The molecule has 0 spiro atoms. The lowest BCUT2D eigenvalue weighted by molar-refractivity contribution is -0.385. The number of carbonyl (C=O) groups excluding carboxylic acids is 1. The summed E-state index contributed by atoms with van der Waals surface area (Å²) < 4.78 is -1.79. The van der Waals surface area contributed by atoms with Gasteiger partial charge in [0.2, 0.25) is 3.79 Å². The molecule has 1 aromatic carbocycles. The minimum Gasteiger partial charge on any atom is -0.287 e. The third kappa shape index (κ3) is 4.51. The van der Waals surface area contributed by atoms with E-state index in [1.165, 1.54) is 25.1 Å². The van der Waals surface area contributed by atoms with Crippen LogP contribution in [0.1, 0.15) is 12.5 Å². The highest BCUT2D eigenvalue weighted by Crippen LogP contribution is 2.46. The van der Waals surface area contributed by atoms with E-state index in [2.05, 4.69) is 0 Å². The molecule has 98 valence electrons. The van der Waals surface area contributed by atoms with Crippen LogP contribution in [0.4, 0.5) is 5.69 Å². The average molecular weight is 347 g/mol. The fraction of sp³-hybridized carbons (Fsp3) is 0.222. The summed E-state index contributed by atoms with van der Waals surface area (Å²) in [6, 6.07) is 3.94. The van der Waals surface area contributed by atoms with E-state index in [9.17, 15) is 14.9 Å². The number of carbonyl (C=O) groups is 1. The molecule has 0 fully saturated rings. The minimum atomic E-state index is -1.79. The molecule has 1 rings (SSSR count). The lowest BCUT2D eigenvalue weighted by atomic mass is 10.2. The second kappa shape index (κ2) is 6.34. The minimum absolute atomic E-state index is 0.117. The van der Waals surface area contributed by atoms with Crippen LogP contribution in [0.3, 0.4) is 0 Å². The molecule has 0 heterocycles. The van der Waals surface area contributed by atoms with Crippen LogP contribution in [0, 0.1) is 10.1 Å². The summed E-state index contributed by atoms with van der Waals surface area (Å²) in [6.07, 6.45) is 0. The molecule has 9 heteroatoms. The van der Waals surface area contributed by atoms with Gasteiger partial charge in [0, 0.05) is 29.5 Å². The Balaban J connectivity index is 3.17. The van der Waals surface area contributed by atoms with Crippen molar-refractivity contribution in [1.29, 1.82) is 0 Å². The summed E-state index contributed by atoms with van der Waals surface area (Å²) in [6.45, 7) is 1.40. The third-order valence-electron chi connectivity index (χ3n) is 1.73. The summed E-state index contributed by atoms with van der Waals surface area (Å²) in [5.74, 6) is 0. The van der Waals surface area contributed by atoms with Crippen LogP contribution in [-0.4, -0.2) is 10.0 Å². The zero-order valence-corrected chi connectivity index (χ0v) is 12.8. The molecule has 0 bridgehead atoms. The van der Waals surface area contributed by atoms with Crippen LogP contribution in [0.25, 0.3) is 0 Å². The molecule has 0 saturated heterocycles. The van der Waals surface area contributed by atoms with Crippen LogP contribution in [-0.2, 0) is 8.59 Å². The molecule has 0 radical (unpaired) electrons. The SMILES string of the molecule is CC(=O)SSc1ccc([N+](=O)[O-])cc1C(Cl)(Cl)Cl. The Morgan fingerprint density at radius 3 is 2.44 bits per heavy atom. The molecule has 0 atom stereocenters. The lowest BCUT2D eigenvalue weighted by Crippen LogP contribution is -2.03. The highest BCUT2D eigenvalue weighted by atomic mass is 35.6. The second-order valence-electron chi connectivity index (χ2n) is 3.09. The molecule has 0 unspecified atom stereocenters. The molecule has 0 aliphatic heterocycles. The van der Waals surface area contributed by atoms with Gasteiger partial charge in [-0.1, -0.05) is 34.8 Å². The van der Waals surface area contributed by atoms with Gasteiger partial charge in [-0.05, 0) is 27.7 Å². The third-order valence-corrected chi connectivity index (χ3v) is 4.69. The van der Waals surface area contributed by atoms with Crippen molar-refractivity contribution >= 4 is 67.2 Å². The van der Waals surface area contributed by atoms with Crippen molar-refractivity contribution < 1.29 is 9.72 Å². The molecule has 18 heavy (non-hydrogen) atoms. The Bertz CT molecular complexity index is 490. The fourth-order valence-corrected chi connectivity index (χ4v) is 3.36. The summed E-state index contributed by atoms with van der Waals surface area (Å²) in [5.41, 5.74) is 0.00829. The standard InChI is InChI=1S/C9H6Cl3NO3S2/c1-5(14)17-18-8-3-2-6(13(15)16)4-7(8)9(10,11)12/h2-4H,1H3. The van der Waals surface area contributed by atoms with Gasteiger partial charge in [-0.3, -0.25) is 14.9 Å². The monoisotopic (exact) mass is 345 g/mol.